The van der Waals surface area contributed by atoms with Gasteiger partial charge in [0.25, 0.3) is 5.91 Å². The molecule has 0 aromatic heterocycles. The Kier molecular flexibility index (Phi) is 6.34. The SMILES string of the molecule is CNC(=O)Cc1ccc(NC(=O)c2cccc(NC(=O)C(C)(C)C)c2)cc1. The van der Waals surface area contributed by atoms with E-state index >= 15 is 0 Å². The molecule has 142 valence electrons. The Morgan fingerprint density at radius 2 is 1.56 bits per heavy atom. The highest BCUT2D eigenvalue weighted by atomic mass is 16.2. The molecule has 27 heavy (non-hydrogen) atoms. The van der Waals surface area contributed by atoms with E-state index in [1.54, 1.807) is 55.6 Å². The zero-order valence-corrected chi connectivity index (χ0v) is 16.1. The van der Waals surface area contributed by atoms with Crippen LogP contribution in [0.25, 0.3) is 0 Å². The number of rotatable bonds is 5. The quantitative estimate of drug-likeness (QED) is 0.758. The topological polar surface area (TPSA) is 87.3 Å². The second kappa shape index (κ2) is 8.49. The average molecular weight is 367 g/mol. The van der Waals surface area contributed by atoms with Crippen LogP contribution in [0.15, 0.2) is 48.5 Å². The standard InChI is InChI=1S/C21H25N3O3/c1-21(2,3)20(27)24-17-7-5-6-15(13-17)19(26)23-16-10-8-14(9-11-16)12-18(25)22-4/h5-11,13H,12H2,1-4H3,(H,22,25)(H,23,26)(H,24,27). The lowest BCUT2D eigenvalue weighted by Crippen LogP contribution is -2.27. The van der Waals surface area contributed by atoms with E-state index in [-0.39, 0.29) is 17.7 Å². The summed E-state index contributed by atoms with van der Waals surface area (Å²) in [7, 11) is 1.59. The molecule has 0 aliphatic rings. The van der Waals surface area contributed by atoms with Crippen LogP contribution in [0, 0.1) is 5.41 Å². The Morgan fingerprint density at radius 3 is 2.15 bits per heavy atom. The fourth-order valence-electron chi connectivity index (χ4n) is 2.24. The molecule has 0 fully saturated rings. The number of nitrogens with one attached hydrogen (secondary N) is 3. The van der Waals surface area contributed by atoms with E-state index in [0.29, 0.717) is 23.4 Å². The molecular formula is C21H25N3O3. The largest absolute Gasteiger partial charge is 0.359 e. The van der Waals surface area contributed by atoms with E-state index in [0.717, 1.165) is 5.56 Å². The van der Waals surface area contributed by atoms with Gasteiger partial charge in [-0.15, -0.1) is 0 Å². The normalized spacial score (nSPS) is 10.8. The van der Waals surface area contributed by atoms with E-state index in [4.69, 9.17) is 0 Å². The van der Waals surface area contributed by atoms with Gasteiger partial charge in [-0.2, -0.15) is 0 Å². The third-order valence-electron chi connectivity index (χ3n) is 3.92. The fourth-order valence-corrected chi connectivity index (χ4v) is 2.24. The lowest BCUT2D eigenvalue weighted by atomic mass is 9.95. The molecule has 2 aromatic rings. The van der Waals surface area contributed by atoms with Crippen molar-refractivity contribution < 1.29 is 14.4 Å². The van der Waals surface area contributed by atoms with Crippen LogP contribution in [-0.2, 0) is 16.0 Å². The summed E-state index contributed by atoms with van der Waals surface area (Å²) in [5, 5.41) is 8.20. The molecule has 6 heteroatoms. The number of carbonyl (C=O) groups is 3. The van der Waals surface area contributed by atoms with Crippen molar-refractivity contribution in [2.45, 2.75) is 27.2 Å². The highest BCUT2D eigenvalue weighted by Gasteiger charge is 2.21. The molecule has 2 rings (SSSR count). The van der Waals surface area contributed by atoms with E-state index in [2.05, 4.69) is 16.0 Å². The molecule has 0 aliphatic heterocycles. The van der Waals surface area contributed by atoms with Crippen molar-refractivity contribution in [2.75, 3.05) is 17.7 Å². The Labute approximate surface area is 159 Å². The summed E-state index contributed by atoms with van der Waals surface area (Å²) in [6.07, 6.45) is 0.292. The van der Waals surface area contributed by atoms with Gasteiger partial charge in [0.2, 0.25) is 11.8 Å². The van der Waals surface area contributed by atoms with Gasteiger partial charge in [0.1, 0.15) is 0 Å². The molecule has 0 saturated carbocycles. The van der Waals surface area contributed by atoms with E-state index < -0.39 is 5.41 Å². The van der Waals surface area contributed by atoms with Crippen LogP contribution in [0.2, 0.25) is 0 Å². The zero-order chi connectivity index (χ0) is 20.0. The third-order valence-corrected chi connectivity index (χ3v) is 3.92. The molecule has 0 spiro atoms. The number of likely N-dealkylation sites (N-methyl/N-ethyl adjacent to an activating group) is 1. The lowest BCUT2D eigenvalue weighted by Gasteiger charge is -2.18. The Morgan fingerprint density at radius 1 is 0.889 bits per heavy atom. The Balaban J connectivity index is 2.04. The number of amides is 3. The van der Waals surface area contributed by atoms with Gasteiger partial charge in [-0.05, 0) is 35.9 Å². The molecule has 0 heterocycles. The second-order valence-corrected chi connectivity index (χ2v) is 7.29. The number of anilines is 2. The summed E-state index contributed by atoms with van der Waals surface area (Å²) in [5.74, 6) is -0.464. The minimum Gasteiger partial charge on any atom is -0.359 e. The first-order valence-electron chi connectivity index (χ1n) is 8.71. The van der Waals surface area contributed by atoms with Gasteiger partial charge in [0, 0.05) is 29.4 Å². The number of hydrogen-bond acceptors (Lipinski definition) is 3. The van der Waals surface area contributed by atoms with Crippen LogP contribution in [0.4, 0.5) is 11.4 Å². The maximum Gasteiger partial charge on any atom is 0.255 e. The smallest absolute Gasteiger partial charge is 0.255 e. The first-order valence-corrected chi connectivity index (χ1v) is 8.71. The van der Waals surface area contributed by atoms with Gasteiger partial charge in [-0.1, -0.05) is 39.0 Å². The summed E-state index contributed by atoms with van der Waals surface area (Å²) in [6, 6.07) is 13.9. The number of carbonyl (C=O) groups excluding carboxylic acids is 3. The lowest BCUT2D eigenvalue weighted by molar-refractivity contribution is -0.123. The predicted molar refractivity (Wildman–Crippen MR) is 107 cm³/mol. The molecule has 3 amide bonds. The van der Waals surface area contributed by atoms with Crippen molar-refractivity contribution in [3.63, 3.8) is 0 Å². The Bertz CT molecular complexity index is 836. The van der Waals surface area contributed by atoms with Gasteiger partial charge in [0.05, 0.1) is 6.42 Å². The summed E-state index contributed by atoms with van der Waals surface area (Å²) in [5.41, 5.74) is 1.98. The van der Waals surface area contributed by atoms with E-state index in [9.17, 15) is 14.4 Å². The zero-order valence-electron chi connectivity index (χ0n) is 16.1. The van der Waals surface area contributed by atoms with Crippen LogP contribution in [0.1, 0.15) is 36.7 Å². The predicted octanol–water partition coefficient (Wildman–Crippen LogP) is 3.21. The summed E-state index contributed by atoms with van der Waals surface area (Å²) in [4.78, 5) is 36.0. The molecule has 0 unspecified atom stereocenters. The summed E-state index contributed by atoms with van der Waals surface area (Å²) < 4.78 is 0. The second-order valence-electron chi connectivity index (χ2n) is 7.29. The molecule has 0 bridgehead atoms. The van der Waals surface area contributed by atoms with Crippen LogP contribution < -0.4 is 16.0 Å². The van der Waals surface area contributed by atoms with Gasteiger partial charge >= 0.3 is 0 Å². The highest BCUT2D eigenvalue weighted by Crippen LogP contribution is 2.19. The molecule has 2 aromatic carbocycles. The molecule has 0 aliphatic carbocycles. The fraction of sp³-hybridized carbons (Fsp3) is 0.286. The number of benzene rings is 2. The number of hydrogen-bond donors (Lipinski definition) is 3. The molecule has 6 nitrogen and oxygen atoms in total. The molecule has 0 saturated heterocycles. The van der Waals surface area contributed by atoms with Crippen LogP contribution in [0.5, 0.6) is 0 Å². The monoisotopic (exact) mass is 367 g/mol. The van der Waals surface area contributed by atoms with Gasteiger partial charge < -0.3 is 16.0 Å². The molecular weight excluding hydrogens is 342 g/mol. The highest BCUT2D eigenvalue weighted by molar-refractivity contribution is 6.05. The van der Waals surface area contributed by atoms with Crippen molar-refractivity contribution >= 4 is 29.1 Å². The van der Waals surface area contributed by atoms with Crippen molar-refractivity contribution in [2.24, 2.45) is 5.41 Å². The molecule has 0 radical (unpaired) electrons. The van der Waals surface area contributed by atoms with Crippen molar-refractivity contribution in [3.8, 4) is 0 Å². The first-order chi connectivity index (χ1) is 12.7. The van der Waals surface area contributed by atoms with Gasteiger partial charge in [-0.3, -0.25) is 14.4 Å². The van der Waals surface area contributed by atoms with Crippen LogP contribution >= 0.6 is 0 Å². The van der Waals surface area contributed by atoms with Crippen molar-refractivity contribution in [1.82, 2.24) is 5.32 Å². The minimum atomic E-state index is -0.519. The Hall–Kier alpha value is -3.15. The van der Waals surface area contributed by atoms with Crippen molar-refractivity contribution in [1.29, 1.82) is 0 Å². The van der Waals surface area contributed by atoms with Crippen LogP contribution in [0.3, 0.4) is 0 Å². The van der Waals surface area contributed by atoms with Crippen LogP contribution in [-0.4, -0.2) is 24.8 Å². The van der Waals surface area contributed by atoms with E-state index in [1.165, 1.54) is 0 Å². The maximum absolute atomic E-state index is 12.5. The van der Waals surface area contributed by atoms with E-state index in [1.807, 2.05) is 20.8 Å². The third kappa shape index (κ3) is 5.95. The van der Waals surface area contributed by atoms with Gasteiger partial charge in [-0.25, -0.2) is 0 Å². The summed E-state index contributed by atoms with van der Waals surface area (Å²) in [6.45, 7) is 5.48. The average Bonchev–Trinajstić information content (AvgIpc) is 2.62. The van der Waals surface area contributed by atoms with Gasteiger partial charge in [0.15, 0.2) is 0 Å². The molecule has 3 N–H and O–H groups in total. The maximum atomic E-state index is 12.5. The minimum absolute atomic E-state index is 0.0686. The van der Waals surface area contributed by atoms with Crippen molar-refractivity contribution in [3.05, 3.63) is 59.7 Å². The molecule has 0 atom stereocenters. The summed E-state index contributed by atoms with van der Waals surface area (Å²) >= 11 is 0. The first kappa shape index (κ1) is 20.2.